The van der Waals surface area contributed by atoms with Gasteiger partial charge in [-0.25, -0.2) is 0 Å². The van der Waals surface area contributed by atoms with Gasteiger partial charge in [-0.05, 0) is 30.9 Å². The number of benzene rings is 1. The van der Waals surface area contributed by atoms with E-state index in [1.54, 1.807) is 6.07 Å². The zero-order valence-electron chi connectivity index (χ0n) is 13.3. The number of halogens is 1. The smallest absolute Gasteiger partial charge is 0.227 e. The second kappa shape index (κ2) is 8.89. The highest BCUT2D eigenvalue weighted by Crippen LogP contribution is 2.20. The van der Waals surface area contributed by atoms with E-state index >= 15 is 0 Å². The second-order valence-corrected chi connectivity index (χ2v) is 6.25. The number of piperidine rings is 1. The fraction of sp³-hybridized carbons (Fsp3) is 0.529. The van der Waals surface area contributed by atoms with Gasteiger partial charge in [-0.1, -0.05) is 29.8 Å². The molecular weight excluding hydrogens is 314 g/mol. The molecule has 1 aromatic carbocycles. The number of rotatable bonds is 6. The maximum atomic E-state index is 12.6. The van der Waals surface area contributed by atoms with Crippen molar-refractivity contribution in [2.24, 2.45) is 5.73 Å². The van der Waals surface area contributed by atoms with Crippen molar-refractivity contribution in [2.75, 3.05) is 19.6 Å². The monoisotopic (exact) mass is 337 g/mol. The first-order valence-electron chi connectivity index (χ1n) is 8.11. The summed E-state index contributed by atoms with van der Waals surface area (Å²) in [6, 6.07) is 7.47. The van der Waals surface area contributed by atoms with Crippen molar-refractivity contribution in [3.05, 3.63) is 34.9 Å². The summed E-state index contributed by atoms with van der Waals surface area (Å²) in [5, 5.41) is 3.49. The number of carbonyl (C=O) groups excluding carboxylic acids is 2. The third-order valence-corrected chi connectivity index (χ3v) is 4.52. The lowest BCUT2D eigenvalue weighted by atomic mass is 10.0. The van der Waals surface area contributed by atoms with Crippen LogP contribution in [0.15, 0.2) is 24.3 Å². The van der Waals surface area contributed by atoms with Crippen molar-refractivity contribution in [1.82, 2.24) is 10.2 Å². The topological polar surface area (TPSA) is 75.4 Å². The minimum Gasteiger partial charge on any atom is -0.354 e. The summed E-state index contributed by atoms with van der Waals surface area (Å²) in [5.74, 6) is 0.00690. The first-order chi connectivity index (χ1) is 11.1. The molecule has 126 valence electrons. The molecule has 1 atom stereocenters. The van der Waals surface area contributed by atoms with Gasteiger partial charge in [0.05, 0.1) is 6.42 Å². The summed E-state index contributed by atoms with van der Waals surface area (Å²) in [6.07, 6.45) is 3.61. The highest BCUT2D eigenvalue weighted by molar-refractivity contribution is 6.31. The predicted molar refractivity (Wildman–Crippen MR) is 91.2 cm³/mol. The van der Waals surface area contributed by atoms with E-state index in [0.29, 0.717) is 31.0 Å². The van der Waals surface area contributed by atoms with E-state index in [-0.39, 0.29) is 17.9 Å². The van der Waals surface area contributed by atoms with Crippen LogP contribution < -0.4 is 11.1 Å². The molecule has 5 nitrogen and oxygen atoms in total. The van der Waals surface area contributed by atoms with E-state index in [1.165, 1.54) is 0 Å². The van der Waals surface area contributed by atoms with E-state index in [2.05, 4.69) is 5.32 Å². The third kappa shape index (κ3) is 5.22. The van der Waals surface area contributed by atoms with Crippen molar-refractivity contribution in [2.45, 2.75) is 38.1 Å². The van der Waals surface area contributed by atoms with E-state index < -0.39 is 0 Å². The Morgan fingerprint density at radius 1 is 1.30 bits per heavy atom. The number of nitrogens with zero attached hydrogens (tertiary/aromatic N) is 1. The molecule has 0 saturated carbocycles. The Hall–Kier alpha value is -1.59. The Balaban J connectivity index is 1.95. The molecular formula is C17H24ClN3O2. The zero-order valence-corrected chi connectivity index (χ0v) is 14.0. The van der Waals surface area contributed by atoms with Gasteiger partial charge in [-0.3, -0.25) is 9.59 Å². The molecule has 0 spiro atoms. The van der Waals surface area contributed by atoms with Gasteiger partial charge in [-0.15, -0.1) is 0 Å². The van der Waals surface area contributed by atoms with Gasteiger partial charge in [0.25, 0.3) is 0 Å². The maximum Gasteiger partial charge on any atom is 0.227 e. The molecule has 1 saturated heterocycles. The molecule has 1 aliphatic heterocycles. The minimum atomic E-state index is -0.0587. The van der Waals surface area contributed by atoms with Gasteiger partial charge in [0.2, 0.25) is 11.8 Å². The van der Waals surface area contributed by atoms with Gasteiger partial charge in [-0.2, -0.15) is 0 Å². The second-order valence-electron chi connectivity index (χ2n) is 5.85. The molecule has 1 heterocycles. The summed E-state index contributed by atoms with van der Waals surface area (Å²) in [5.41, 5.74) is 6.22. The lowest BCUT2D eigenvalue weighted by Crippen LogP contribution is -2.50. The maximum absolute atomic E-state index is 12.6. The lowest BCUT2D eigenvalue weighted by molar-refractivity contribution is -0.134. The number of nitrogens with one attached hydrogen (secondary N) is 1. The van der Waals surface area contributed by atoms with Crippen LogP contribution in [0.5, 0.6) is 0 Å². The van der Waals surface area contributed by atoms with E-state index in [1.807, 2.05) is 23.1 Å². The van der Waals surface area contributed by atoms with Crippen molar-refractivity contribution in [3.8, 4) is 0 Å². The van der Waals surface area contributed by atoms with Crippen LogP contribution in [0.4, 0.5) is 0 Å². The zero-order chi connectivity index (χ0) is 16.7. The van der Waals surface area contributed by atoms with Crippen molar-refractivity contribution in [1.29, 1.82) is 0 Å². The summed E-state index contributed by atoms with van der Waals surface area (Å²) in [4.78, 5) is 26.1. The van der Waals surface area contributed by atoms with Gasteiger partial charge in [0.1, 0.15) is 0 Å². The first kappa shape index (κ1) is 17.8. The normalized spacial score (nSPS) is 17.8. The van der Waals surface area contributed by atoms with Gasteiger partial charge in [0, 0.05) is 37.1 Å². The largest absolute Gasteiger partial charge is 0.354 e. The highest BCUT2D eigenvalue weighted by Gasteiger charge is 2.27. The molecule has 0 bridgehead atoms. The van der Waals surface area contributed by atoms with Crippen LogP contribution in [-0.2, 0) is 16.0 Å². The quantitative estimate of drug-likeness (QED) is 0.830. The Bertz CT molecular complexity index is 550. The molecule has 2 amide bonds. The Morgan fingerprint density at radius 2 is 2.09 bits per heavy atom. The van der Waals surface area contributed by atoms with Crippen molar-refractivity contribution in [3.63, 3.8) is 0 Å². The fourth-order valence-corrected chi connectivity index (χ4v) is 3.10. The lowest BCUT2D eigenvalue weighted by Gasteiger charge is -2.36. The predicted octanol–water partition coefficient (Wildman–Crippen LogP) is 1.73. The average molecular weight is 338 g/mol. The van der Waals surface area contributed by atoms with Crippen molar-refractivity contribution >= 4 is 23.4 Å². The molecule has 2 rings (SSSR count). The molecule has 1 aromatic rings. The molecule has 0 aromatic heterocycles. The number of likely N-dealkylation sites (tertiary alicyclic amines) is 1. The van der Waals surface area contributed by atoms with Crippen molar-refractivity contribution < 1.29 is 9.59 Å². The van der Waals surface area contributed by atoms with Crippen LogP contribution in [0.2, 0.25) is 5.02 Å². The molecule has 1 fully saturated rings. The summed E-state index contributed by atoms with van der Waals surface area (Å²) in [7, 11) is 0. The van der Waals surface area contributed by atoms with Gasteiger partial charge in [0.15, 0.2) is 0 Å². The Morgan fingerprint density at radius 3 is 2.83 bits per heavy atom. The van der Waals surface area contributed by atoms with Crippen LogP contribution in [-0.4, -0.2) is 42.4 Å². The van der Waals surface area contributed by atoms with E-state index in [4.69, 9.17) is 17.3 Å². The fourth-order valence-electron chi connectivity index (χ4n) is 2.90. The molecule has 6 heteroatoms. The molecule has 3 N–H and O–H groups in total. The standard InChI is InChI=1S/C17H24ClN3O2/c18-15-7-2-1-5-13(15)11-17(23)21-10-4-3-6-14(21)12-20-16(22)8-9-19/h1-2,5,7,14H,3-4,6,8-12,19H2,(H,20,22). The summed E-state index contributed by atoms with van der Waals surface area (Å²) in [6.45, 7) is 1.57. The Kier molecular flexibility index (Phi) is 6.86. The van der Waals surface area contributed by atoms with Crippen LogP contribution in [0.25, 0.3) is 0 Å². The Labute approximate surface area is 142 Å². The summed E-state index contributed by atoms with van der Waals surface area (Å²) < 4.78 is 0. The number of nitrogens with two attached hydrogens (primary N) is 1. The van der Waals surface area contributed by atoms with Gasteiger partial charge >= 0.3 is 0 Å². The third-order valence-electron chi connectivity index (χ3n) is 4.15. The number of carbonyl (C=O) groups is 2. The average Bonchev–Trinajstić information content (AvgIpc) is 2.55. The van der Waals surface area contributed by atoms with Crippen LogP contribution >= 0.6 is 11.6 Å². The molecule has 1 aliphatic rings. The van der Waals surface area contributed by atoms with E-state index in [9.17, 15) is 9.59 Å². The first-order valence-corrected chi connectivity index (χ1v) is 8.49. The molecule has 0 aliphatic carbocycles. The molecule has 1 unspecified atom stereocenters. The van der Waals surface area contributed by atoms with E-state index in [0.717, 1.165) is 31.4 Å². The highest BCUT2D eigenvalue weighted by atomic mass is 35.5. The minimum absolute atomic E-state index is 0.0560. The number of amides is 2. The number of hydrogen-bond acceptors (Lipinski definition) is 3. The molecule has 0 radical (unpaired) electrons. The number of hydrogen-bond donors (Lipinski definition) is 2. The van der Waals surface area contributed by atoms with Crippen LogP contribution in [0, 0.1) is 0 Å². The SMILES string of the molecule is NCCC(=O)NCC1CCCCN1C(=O)Cc1ccccc1Cl. The van der Waals surface area contributed by atoms with Crippen LogP contribution in [0.1, 0.15) is 31.2 Å². The molecule has 23 heavy (non-hydrogen) atoms. The van der Waals surface area contributed by atoms with Gasteiger partial charge < -0.3 is 16.0 Å². The van der Waals surface area contributed by atoms with Crippen LogP contribution in [0.3, 0.4) is 0 Å². The summed E-state index contributed by atoms with van der Waals surface area (Å²) >= 11 is 6.14.